The van der Waals surface area contributed by atoms with E-state index in [0.717, 1.165) is 5.56 Å². The number of pyridine rings is 1. The Morgan fingerprint density at radius 1 is 1.13 bits per heavy atom. The molecule has 1 aromatic carbocycles. The van der Waals surface area contributed by atoms with E-state index in [4.69, 9.17) is 9.15 Å². The number of nitrogens with one attached hydrogen (secondary N) is 2. The molecule has 4 rings (SSSR count). The number of alkyl carbamates (subject to hydrolysis) is 1. The third-order valence-electron chi connectivity index (χ3n) is 6.41. The van der Waals surface area contributed by atoms with Gasteiger partial charge in [-0.3, -0.25) is 9.78 Å². The smallest absolute Gasteiger partial charge is 0.407 e. The van der Waals surface area contributed by atoms with E-state index in [2.05, 4.69) is 20.6 Å². The van der Waals surface area contributed by atoms with Crippen molar-refractivity contribution >= 4 is 21.8 Å². The molecule has 0 aliphatic heterocycles. The van der Waals surface area contributed by atoms with E-state index in [1.165, 1.54) is 0 Å². The van der Waals surface area contributed by atoms with Gasteiger partial charge in [-0.05, 0) is 82.9 Å². The zero-order chi connectivity index (χ0) is 28.2. The highest BCUT2D eigenvalue weighted by atomic mass is 32.2. The van der Waals surface area contributed by atoms with E-state index < -0.39 is 26.8 Å². The first-order chi connectivity index (χ1) is 18.4. The molecule has 1 saturated carbocycles. The zero-order valence-electron chi connectivity index (χ0n) is 22.6. The van der Waals surface area contributed by atoms with Crippen LogP contribution in [0.3, 0.4) is 0 Å². The fourth-order valence-corrected chi connectivity index (χ4v) is 6.32. The largest absolute Gasteiger partial charge is 0.444 e. The molecule has 2 heterocycles. The molecule has 2 atom stereocenters. The molecule has 1 aliphatic rings. The third kappa shape index (κ3) is 7.66. The summed E-state index contributed by atoms with van der Waals surface area (Å²) in [4.78, 5) is 33.0. The lowest BCUT2D eigenvalue weighted by Gasteiger charge is -2.21. The third-order valence-corrected chi connectivity index (χ3v) is 8.53. The van der Waals surface area contributed by atoms with Gasteiger partial charge < -0.3 is 19.8 Å². The maximum Gasteiger partial charge on any atom is 0.407 e. The van der Waals surface area contributed by atoms with E-state index >= 15 is 0 Å². The van der Waals surface area contributed by atoms with E-state index in [-0.39, 0.29) is 23.6 Å². The number of hydrogen-bond donors (Lipinski definition) is 2. The number of benzene rings is 1. The first-order valence-corrected chi connectivity index (χ1v) is 14.6. The van der Waals surface area contributed by atoms with Gasteiger partial charge in [0.25, 0.3) is 5.91 Å². The maximum absolute atomic E-state index is 13.2. The highest BCUT2D eigenvalue weighted by Crippen LogP contribution is 2.30. The van der Waals surface area contributed by atoms with E-state index in [1.54, 1.807) is 64.4 Å². The number of amides is 2. The van der Waals surface area contributed by atoms with Crippen molar-refractivity contribution in [2.24, 2.45) is 0 Å². The average molecular weight is 555 g/mol. The first kappa shape index (κ1) is 28.3. The monoisotopic (exact) mass is 554 g/mol. The fourth-order valence-electron chi connectivity index (χ4n) is 4.42. The molecule has 10 nitrogen and oxygen atoms in total. The predicted molar refractivity (Wildman–Crippen MR) is 146 cm³/mol. The molecule has 0 spiro atoms. The molecular weight excluding hydrogens is 520 g/mol. The minimum absolute atomic E-state index is 0.225. The van der Waals surface area contributed by atoms with E-state index in [1.807, 2.05) is 12.1 Å². The molecule has 39 heavy (non-hydrogen) atoms. The normalized spacial score (nSPS) is 17.5. The molecule has 2 N–H and O–H groups in total. The minimum atomic E-state index is -3.53. The number of nitrogens with zero attached hydrogens (tertiary/aromatic N) is 2. The SMILES string of the molecule is Cc1oc(-c2ccc(C(=O)NCc3cccnc3)cc2)nc1CS(=O)(=O)[C@@H]1CC[C@H](NC(=O)OC(C)(C)C)C1. The number of oxazole rings is 1. The number of aromatic nitrogens is 2. The Labute approximate surface area is 228 Å². The summed E-state index contributed by atoms with van der Waals surface area (Å²) < 4.78 is 37.4. The summed E-state index contributed by atoms with van der Waals surface area (Å²) in [7, 11) is -3.53. The summed E-state index contributed by atoms with van der Waals surface area (Å²) in [5.74, 6) is 0.238. The number of rotatable bonds is 8. The van der Waals surface area contributed by atoms with Crippen molar-refractivity contribution in [2.75, 3.05) is 0 Å². The van der Waals surface area contributed by atoms with Crippen LogP contribution in [0.15, 0.2) is 53.2 Å². The van der Waals surface area contributed by atoms with E-state index in [9.17, 15) is 18.0 Å². The molecule has 0 unspecified atom stereocenters. The molecule has 2 aromatic heterocycles. The Morgan fingerprint density at radius 2 is 1.87 bits per heavy atom. The second-order valence-electron chi connectivity index (χ2n) is 10.7. The van der Waals surface area contributed by atoms with Crippen molar-refractivity contribution in [3.63, 3.8) is 0 Å². The lowest BCUT2D eigenvalue weighted by atomic mass is 10.1. The minimum Gasteiger partial charge on any atom is -0.444 e. The lowest BCUT2D eigenvalue weighted by molar-refractivity contribution is 0.0505. The fraction of sp³-hybridized carbons (Fsp3) is 0.429. The van der Waals surface area contributed by atoms with Crippen molar-refractivity contribution in [1.82, 2.24) is 20.6 Å². The second kappa shape index (κ2) is 11.6. The number of carbonyl (C=O) groups excluding carboxylic acids is 2. The summed E-state index contributed by atoms with van der Waals surface area (Å²) in [6.45, 7) is 7.38. The molecule has 3 aromatic rings. The predicted octanol–water partition coefficient (Wildman–Crippen LogP) is 4.34. The Hall–Kier alpha value is -3.73. The van der Waals surface area contributed by atoms with Gasteiger partial charge in [0.15, 0.2) is 9.84 Å². The van der Waals surface area contributed by atoms with Gasteiger partial charge in [-0.25, -0.2) is 18.2 Å². The van der Waals surface area contributed by atoms with Crippen LogP contribution in [-0.4, -0.2) is 47.3 Å². The van der Waals surface area contributed by atoms with Crippen molar-refractivity contribution in [3.05, 3.63) is 71.4 Å². The quantitative estimate of drug-likeness (QED) is 0.419. The summed E-state index contributed by atoms with van der Waals surface area (Å²) in [5.41, 5.74) is 1.74. The Morgan fingerprint density at radius 3 is 2.54 bits per heavy atom. The molecular formula is C28H34N4O6S. The van der Waals surface area contributed by atoms with Gasteiger partial charge in [0.1, 0.15) is 11.4 Å². The molecule has 1 fully saturated rings. The van der Waals surface area contributed by atoms with Gasteiger partial charge >= 0.3 is 6.09 Å². The summed E-state index contributed by atoms with van der Waals surface area (Å²) in [6.07, 6.45) is 4.17. The number of sulfone groups is 1. The van der Waals surface area contributed by atoms with Gasteiger partial charge in [-0.1, -0.05) is 6.07 Å². The van der Waals surface area contributed by atoms with Crippen LogP contribution in [0.25, 0.3) is 11.5 Å². The van der Waals surface area contributed by atoms with Gasteiger partial charge in [0.2, 0.25) is 5.89 Å². The molecule has 0 radical (unpaired) electrons. The van der Waals surface area contributed by atoms with Crippen LogP contribution < -0.4 is 10.6 Å². The number of hydrogen-bond acceptors (Lipinski definition) is 8. The van der Waals surface area contributed by atoms with Crippen molar-refractivity contribution in [2.45, 2.75) is 76.1 Å². The Kier molecular flexibility index (Phi) is 8.39. The van der Waals surface area contributed by atoms with Gasteiger partial charge in [0, 0.05) is 36.1 Å². The van der Waals surface area contributed by atoms with Crippen LogP contribution in [0.1, 0.15) is 67.4 Å². The zero-order valence-corrected chi connectivity index (χ0v) is 23.4. The maximum atomic E-state index is 13.2. The van der Waals surface area contributed by atoms with Crippen LogP contribution >= 0.6 is 0 Å². The molecule has 0 bridgehead atoms. The second-order valence-corrected chi connectivity index (χ2v) is 13.0. The summed E-state index contributed by atoms with van der Waals surface area (Å²) >= 11 is 0. The molecule has 0 saturated heterocycles. The highest BCUT2D eigenvalue weighted by molar-refractivity contribution is 7.91. The van der Waals surface area contributed by atoms with Crippen LogP contribution in [-0.2, 0) is 26.9 Å². The molecule has 11 heteroatoms. The Bertz CT molecular complexity index is 1410. The molecule has 1 aliphatic carbocycles. The van der Waals surface area contributed by atoms with Gasteiger partial charge in [-0.2, -0.15) is 0 Å². The summed E-state index contributed by atoms with van der Waals surface area (Å²) in [6, 6.07) is 10.2. The standard InChI is InChI=1S/C28H34N4O6S/c1-18-24(17-39(35,36)23-12-11-22(14-23)31-27(34)38-28(2,3)4)32-26(37-18)21-9-7-20(8-10-21)25(33)30-16-19-6-5-13-29-15-19/h5-10,13,15,22-23H,11-12,14,16-17H2,1-4H3,(H,30,33)(H,31,34)/t22-,23+/m0/s1. The van der Waals surface area contributed by atoms with Crippen molar-refractivity contribution in [3.8, 4) is 11.5 Å². The first-order valence-electron chi connectivity index (χ1n) is 12.8. The Balaban J connectivity index is 1.35. The van der Waals surface area contributed by atoms with Crippen molar-refractivity contribution in [1.29, 1.82) is 0 Å². The highest BCUT2D eigenvalue weighted by Gasteiger charge is 2.36. The van der Waals surface area contributed by atoms with Crippen LogP contribution in [0, 0.1) is 6.92 Å². The lowest BCUT2D eigenvalue weighted by Crippen LogP contribution is -2.38. The van der Waals surface area contributed by atoms with E-state index in [0.29, 0.717) is 48.4 Å². The molecule has 2 amide bonds. The van der Waals surface area contributed by atoms with Crippen molar-refractivity contribution < 1.29 is 27.2 Å². The number of aryl methyl sites for hydroxylation is 1. The average Bonchev–Trinajstić information content (AvgIpc) is 3.49. The van der Waals surface area contributed by atoms with Crippen LogP contribution in [0.5, 0.6) is 0 Å². The number of ether oxygens (including phenoxy) is 1. The van der Waals surface area contributed by atoms with Crippen LogP contribution in [0.2, 0.25) is 0 Å². The summed E-state index contributed by atoms with van der Waals surface area (Å²) in [5, 5.41) is 5.04. The topological polar surface area (TPSA) is 140 Å². The van der Waals surface area contributed by atoms with Crippen LogP contribution in [0.4, 0.5) is 4.79 Å². The molecule has 208 valence electrons. The van der Waals surface area contributed by atoms with Gasteiger partial charge in [0.05, 0.1) is 16.7 Å². The number of carbonyl (C=O) groups is 2. The van der Waals surface area contributed by atoms with Gasteiger partial charge in [-0.15, -0.1) is 0 Å².